The summed E-state index contributed by atoms with van der Waals surface area (Å²) in [6, 6.07) is 1.05. The molecule has 8 heteroatoms. The summed E-state index contributed by atoms with van der Waals surface area (Å²) < 4.78 is 5.46. The van der Waals surface area contributed by atoms with Crippen LogP contribution in [0.25, 0.3) is 0 Å². The molecule has 8 nitrogen and oxygen atoms in total. The molecule has 0 amide bonds. The van der Waals surface area contributed by atoms with Gasteiger partial charge in [-0.25, -0.2) is 9.78 Å². The number of carboxylic acids is 1. The lowest BCUT2D eigenvalue weighted by Crippen LogP contribution is -2.47. The number of carboxylic acid groups (broad SMARTS) is 1. The second-order valence-electron chi connectivity index (χ2n) is 5.31. The minimum Gasteiger partial charge on any atom is -0.478 e. The van der Waals surface area contributed by atoms with Crippen molar-refractivity contribution in [2.24, 2.45) is 0 Å². The van der Waals surface area contributed by atoms with Gasteiger partial charge in [0.15, 0.2) is 0 Å². The first-order chi connectivity index (χ1) is 9.86. The van der Waals surface area contributed by atoms with Gasteiger partial charge in [-0.2, -0.15) is 0 Å². The SMILES string of the molecule is COC1(C)CCCN(c2ncc(C(=O)O)cc2[N+](=O)[O-])C1. The number of carbonyl (C=O) groups is 1. The van der Waals surface area contributed by atoms with Crippen molar-refractivity contribution in [3.8, 4) is 0 Å². The van der Waals surface area contributed by atoms with Crippen molar-refractivity contribution in [1.82, 2.24) is 4.98 Å². The average molecular weight is 295 g/mol. The van der Waals surface area contributed by atoms with E-state index in [9.17, 15) is 14.9 Å². The minimum atomic E-state index is -1.24. The zero-order chi connectivity index (χ0) is 15.6. The molecule has 1 unspecified atom stereocenters. The van der Waals surface area contributed by atoms with E-state index in [0.29, 0.717) is 13.1 Å². The van der Waals surface area contributed by atoms with Gasteiger partial charge >= 0.3 is 11.7 Å². The van der Waals surface area contributed by atoms with Crippen LogP contribution in [0.1, 0.15) is 30.1 Å². The lowest BCUT2D eigenvalue weighted by molar-refractivity contribution is -0.384. The zero-order valence-electron chi connectivity index (χ0n) is 11.9. The fourth-order valence-electron chi connectivity index (χ4n) is 2.49. The summed E-state index contributed by atoms with van der Waals surface area (Å²) in [5, 5.41) is 20.1. The molecule has 21 heavy (non-hydrogen) atoms. The highest BCUT2D eigenvalue weighted by atomic mass is 16.6. The monoisotopic (exact) mass is 295 g/mol. The van der Waals surface area contributed by atoms with E-state index in [4.69, 9.17) is 9.84 Å². The van der Waals surface area contributed by atoms with Crippen molar-refractivity contribution in [2.45, 2.75) is 25.4 Å². The Hall–Kier alpha value is -2.22. The number of nitro groups is 1. The normalized spacial score (nSPS) is 22.1. The molecule has 1 fully saturated rings. The minimum absolute atomic E-state index is 0.188. The summed E-state index contributed by atoms with van der Waals surface area (Å²) in [5.74, 6) is -1.05. The number of aromatic nitrogens is 1. The van der Waals surface area contributed by atoms with Crippen LogP contribution in [0.3, 0.4) is 0 Å². The Morgan fingerprint density at radius 1 is 1.62 bits per heavy atom. The lowest BCUT2D eigenvalue weighted by Gasteiger charge is -2.39. The molecule has 0 aromatic carbocycles. The largest absolute Gasteiger partial charge is 0.478 e. The van der Waals surface area contributed by atoms with Crippen molar-refractivity contribution >= 4 is 17.5 Å². The van der Waals surface area contributed by atoms with Crippen molar-refractivity contribution < 1.29 is 19.6 Å². The van der Waals surface area contributed by atoms with Gasteiger partial charge in [-0.1, -0.05) is 0 Å². The maximum atomic E-state index is 11.2. The number of hydrogen-bond acceptors (Lipinski definition) is 6. The zero-order valence-corrected chi connectivity index (χ0v) is 11.9. The Bertz CT molecular complexity index is 577. The van der Waals surface area contributed by atoms with Gasteiger partial charge < -0.3 is 14.7 Å². The first-order valence-electron chi connectivity index (χ1n) is 6.54. The Labute approximate surface area is 121 Å². The van der Waals surface area contributed by atoms with Gasteiger partial charge in [-0.3, -0.25) is 10.1 Å². The fraction of sp³-hybridized carbons (Fsp3) is 0.538. The predicted molar refractivity (Wildman–Crippen MR) is 74.7 cm³/mol. The summed E-state index contributed by atoms with van der Waals surface area (Å²) in [7, 11) is 1.61. The van der Waals surface area contributed by atoms with Gasteiger partial charge in [0.25, 0.3) is 0 Å². The first-order valence-corrected chi connectivity index (χ1v) is 6.54. The van der Waals surface area contributed by atoms with E-state index in [1.54, 1.807) is 12.0 Å². The van der Waals surface area contributed by atoms with Crippen LogP contribution in [0, 0.1) is 10.1 Å². The molecule has 2 rings (SSSR count). The van der Waals surface area contributed by atoms with E-state index in [-0.39, 0.29) is 22.7 Å². The number of aromatic carboxylic acids is 1. The van der Waals surface area contributed by atoms with Gasteiger partial charge in [0.2, 0.25) is 5.82 Å². The molecule has 0 aliphatic carbocycles. The second kappa shape index (κ2) is 5.65. The number of piperidine rings is 1. The molecular formula is C13H17N3O5. The first kappa shape index (κ1) is 15.2. The van der Waals surface area contributed by atoms with Crippen LogP contribution in [0.15, 0.2) is 12.3 Å². The van der Waals surface area contributed by atoms with Gasteiger partial charge in [0.05, 0.1) is 16.1 Å². The molecule has 2 heterocycles. The van der Waals surface area contributed by atoms with Gasteiger partial charge in [-0.15, -0.1) is 0 Å². The smallest absolute Gasteiger partial charge is 0.337 e. The fourth-order valence-corrected chi connectivity index (χ4v) is 2.49. The molecule has 1 aliphatic heterocycles. The molecule has 1 aromatic heterocycles. The quantitative estimate of drug-likeness (QED) is 0.665. The average Bonchev–Trinajstić information content (AvgIpc) is 2.46. The van der Waals surface area contributed by atoms with Crippen LogP contribution < -0.4 is 4.90 Å². The molecular weight excluding hydrogens is 278 g/mol. The molecule has 0 saturated carbocycles. The van der Waals surface area contributed by atoms with Crippen LogP contribution in [0.4, 0.5) is 11.5 Å². The van der Waals surface area contributed by atoms with E-state index in [1.807, 2.05) is 6.92 Å². The molecule has 1 saturated heterocycles. The lowest BCUT2D eigenvalue weighted by atomic mass is 9.94. The topological polar surface area (TPSA) is 106 Å². The van der Waals surface area contributed by atoms with Crippen molar-refractivity contribution in [3.63, 3.8) is 0 Å². The number of nitrogens with zero attached hydrogens (tertiary/aromatic N) is 3. The van der Waals surface area contributed by atoms with E-state index in [1.165, 1.54) is 0 Å². The van der Waals surface area contributed by atoms with E-state index in [0.717, 1.165) is 25.1 Å². The number of pyridine rings is 1. The Balaban J connectivity index is 2.39. The maximum Gasteiger partial charge on any atom is 0.337 e. The van der Waals surface area contributed by atoms with Crippen LogP contribution >= 0.6 is 0 Å². The number of ether oxygens (including phenoxy) is 1. The third-order valence-corrected chi connectivity index (χ3v) is 3.74. The summed E-state index contributed by atoms with van der Waals surface area (Å²) in [4.78, 5) is 27.3. The third-order valence-electron chi connectivity index (χ3n) is 3.74. The van der Waals surface area contributed by atoms with Crippen molar-refractivity contribution in [2.75, 3.05) is 25.1 Å². The summed E-state index contributed by atoms with van der Waals surface area (Å²) in [5.41, 5.74) is -0.883. The van der Waals surface area contributed by atoms with Crippen LogP contribution in [0.2, 0.25) is 0 Å². The highest BCUT2D eigenvalue weighted by molar-refractivity contribution is 5.88. The molecule has 1 N–H and O–H groups in total. The molecule has 0 bridgehead atoms. The Morgan fingerprint density at radius 3 is 2.90 bits per heavy atom. The van der Waals surface area contributed by atoms with E-state index < -0.39 is 10.9 Å². The predicted octanol–water partition coefficient (Wildman–Crippen LogP) is 1.69. The number of hydrogen-bond donors (Lipinski definition) is 1. The van der Waals surface area contributed by atoms with E-state index in [2.05, 4.69) is 4.98 Å². The van der Waals surface area contributed by atoms with E-state index >= 15 is 0 Å². The van der Waals surface area contributed by atoms with Gasteiger partial charge in [-0.05, 0) is 19.8 Å². The molecule has 0 spiro atoms. The molecule has 1 aliphatic rings. The van der Waals surface area contributed by atoms with Crippen LogP contribution in [-0.4, -0.2) is 46.8 Å². The number of methoxy groups -OCH3 is 1. The Morgan fingerprint density at radius 2 is 2.33 bits per heavy atom. The Kier molecular flexibility index (Phi) is 4.08. The maximum absolute atomic E-state index is 11.2. The van der Waals surface area contributed by atoms with Gasteiger partial charge in [0.1, 0.15) is 0 Å². The molecule has 114 valence electrons. The number of rotatable bonds is 4. The second-order valence-corrected chi connectivity index (χ2v) is 5.31. The number of anilines is 1. The third kappa shape index (κ3) is 3.10. The molecule has 1 aromatic rings. The van der Waals surface area contributed by atoms with Gasteiger partial charge in [0, 0.05) is 32.5 Å². The molecule has 0 radical (unpaired) electrons. The standard InChI is InChI=1S/C13H17N3O5/c1-13(21-2)4-3-5-15(8-13)11-10(16(19)20)6-9(7-14-11)12(17)18/h6-7H,3-5,8H2,1-2H3,(H,17,18). The highest BCUT2D eigenvalue weighted by Crippen LogP contribution is 2.32. The van der Waals surface area contributed by atoms with Crippen molar-refractivity contribution in [3.05, 3.63) is 27.9 Å². The van der Waals surface area contributed by atoms with Crippen LogP contribution in [0.5, 0.6) is 0 Å². The summed E-state index contributed by atoms with van der Waals surface area (Å²) in [6.07, 6.45) is 2.83. The van der Waals surface area contributed by atoms with Crippen LogP contribution in [-0.2, 0) is 4.74 Å². The summed E-state index contributed by atoms with van der Waals surface area (Å²) in [6.45, 7) is 3.04. The van der Waals surface area contributed by atoms with Crippen molar-refractivity contribution in [1.29, 1.82) is 0 Å². The summed E-state index contributed by atoms with van der Waals surface area (Å²) >= 11 is 0. The highest BCUT2D eigenvalue weighted by Gasteiger charge is 2.34. The molecule has 1 atom stereocenters.